The van der Waals surface area contributed by atoms with Gasteiger partial charge < -0.3 is 9.47 Å². The van der Waals surface area contributed by atoms with E-state index in [0.29, 0.717) is 6.42 Å². The Morgan fingerprint density at radius 2 is 1.85 bits per heavy atom. The van der Waals surface area contributed by atoms with Gasteiger partial charge >= 0.3 is 0 Å². The molecule has 146 valence electrons. The fourth-order valence-electron chi connectivity index (χ4n) is 2.87. The Kier molecular flexibility index (Phi) is 7.41. The van der Waals surface area contributed by atoms with Crippen molar-refractivity contribution >= 4 is 10.1 Å². The molecule has 1 aromatic rings. The summed E-state index contributed by atoms with van der Waals surface area (Å²) in [6.45, 7) is 5.94. The van der Waals surface area contributed by atoms with Crippen LogP contribution in [-0.2, 0) is 23.8 Å². The minimum atomic E-state index is -3.66. The number of methoxy groups -OCH3 is 1. The summed E-state index contributed by atoms with van der Waals surface area (Å²) in [5, 5.41) is 0. The van der Waals surface area contributed by atoms with E-state index in [0.717, 1.165) is 31.2 Å². The van der Waals surface area contributed by atoms with E-state index in [9.17, 15) is 8.42 Å². The molecular formula is C20H30O5S. The number of benzene rings is 1. The third-order valence-electron chi connectivity index (χ3n) is 4.54. The minimum absolute atomic E-state index is 0.0955. The van der Waals surface area contributed by atoms with Gasteiger partial charge in [-0.25, -0.2) is 0 Å². The van der Waals surface area contributed by atoms with Crippen molar-refractivity contribution in [3.05, 3.63) is 41.5 Å². The van der Waals surface area contributed by atoms with Gasteiger partial charge in [0.2, 0.25) is 0 Å². The number of ether oxygens (including phenoxy) is 2. The van der Waals surface area contributed by atoms with Crippen LogP contribution in [0.4, 0.5) is 0 Å². The van der Waals surface area contributed by atoms with E-state index in [1.54, 1.807) is 31.4 Å². The van der Waals surface area contributed by atoms with Crippen LogP contribution in [0.15, 0.2) is 40.8 Å². The Bertz CT molecular complexity index is 704. The van der Waals surface area contributed by atoms with Crippen molar-refractivity contribution in [3.63, 3.8) is 0 Å². The van der Waals surface area contributed by atoms with Crippen LogP contribution in [0.2, 0.25) is 0 Å². The van der Waals surface area contributed by atoms with E-state index in [-0.39, 0.29) is 17.6 Å². The molecule has 26 heavy (non-hydrogen) atoms. The largest absolute Gasteiger partial charge is 0.354 e. The van der Waals surface area contributed by atoms with Gasteiger partial charge in [-0.3, -0.25) is 4.18 Å². The van der Waals surface area contributed by atoms with Gasteiger partial charge in [-0.05, 0) is 65.0 Å². The summed E-state index contributed by atoms with van der Waals surface area (Å²) in [5.74, 6) is -0.575. The van der Waals surface area contributed by atoms with E-state index >= 15 is 0 Å². The van der Waals surface area contributed by atoms with Crippen LogP contribution in [0, 0.1) is 6.92 Å². The topological polar surface area (TPSA) is 61.8 Å². The molecule has 2 rings (SSSR count). The molecule has 0 radical (unpaired) electrons. The van der Waals surface area contributed by atoms with Crippen molar-refractivity contribution in [2.24, 2.45) is 0 Å². The third kappa shape index (κ3) is 6.50. The van der Waals surface area contributed by atoms with Crippen LogP contribution in [0.25, 0.3) is 0 Å². The summed E-state index contributed by atoms with van der Waals surface area (Å²) in [5.41, 5.74) is 2.38. The molecule has 0 bridgehead atoms. The average molecular weight is 383 g/mol. The molecule has 1 aromatic carbocycles. The summed E-state index contributed by atoms with van der Waals surface area (Å²) in [7, 11) is -2.01. The van der Waals surface area contributed by atoms with E-state index in [1.165, 1.54) is 5.57 Å². The van der Waals surface area contributed by atoms with Gasteiger partial charge in [0.1, 0.15) is 0 Å². The Labute approximate surface area is 157 Å². The molecule has 1 aliphatic rings. The third-order valence-corrected chi connectivity index (χ3v) is 5.87. The van der Waals surface area contributed by atoms with Crippen molar-refractivity contribution in [3.8, 4) is 0 Å². The molecule has 1 atom stereocenters. The first kappa shape index (κ1) is 21.1. The molecule has 0 heterocycles. The number of aryl methyl sites for hydroxylation is 1. The van der Waals surface area contributed by atoms with Gasteiger partial charge in [0.25, 0.3) is 10.1 Å². The van der Waals surface area contributed by atoms with Gasteiger partial charge in [-0.2, -0.15) is 8.42 Å². The molecule has 0 aromatic heterocycles. The predicted octanol–water partition coefficient (Wildman–Crippen LogP) is 4.36. The van der Waals surface area contributed by atoms with Crippen LogP contribution in [0.1, 0.15) is 51.5 Å². The van der Waals surface area contributed by atoms with Crippen molar-refractivity contribution in [1.82, 2.24) is 0 Å². The highest BCUT2D eigenvalue weighted by molar-refractivity contribution is 7.86. The molecule has 0 amide bonds. The molecule has 1 aliphatic carbocycles. The first-order valence-corrected chi connectivity index (χ1v) is 10.5. The lowest BCUT2D eigenvalue weighted by atomic mass is 10.1. The van der Waals surface area contributed by atoms with E-state index in [2.05, 4.69) is 6.08 Å². The molecule has 5 nitrogen and oxygen atoms in total. The summed E-state index contributed by atoms with van der Waals surface area (Å²) in [6, 6.07) is 6.70. The second kappa shape index (κ2) is 9.13. The minimum Gasteiger partial charge on any atom is -0.354 e. The summed E-state index contributed by atoms with van der Waals surface area (Å²) in [6.07, 6.45) is 6.81. The Hall–Kier alpha value is -1.21. The maximum absolute atomic E-state index is 12.1. The molecule has 0 fully saturated rings. The average Bonchev–Trinajstić information content (AvgIpc) is 3.01. The maximum Gasteiger partial charge on any atom is 0.296 e. The van der Waals surface area contributed by atoms with E-state index < -0.39 is 15.9 Å². The standard InChI is InChI=1S/C20H30O5S/c1-16-8-12-19(13-9-16)26(21,22)24-14-6-5-7-17-10-11-18(15-17)25-20(2,3)23-4/h8-9,12-13,15,18H,5-7,10-11,14H2,1-4H3. The SMILES string of the molecule is COC(C)(C)OC1C=C(CCCCOS(=O)(=O)c2ccc(C)cc2)CC1. The molecule has 1 unspecified atom stereocenters. The Balaban J connectivity index is 1.70. The predicted molar refractivity (Wildman–Crippen MR) is 101 cm³/mol. The maximum atomic E-state index is 12.1. The number of unbranched alkanes of at least 4 members (excludes halogenated alkanes) is 1. The number of hydrogen-bond acceptors (Lipinski definition) is 5. The monoisotopic (exact) mass is 382 g/mol. The second-order valence-electron chi connectivity index (χ2n) is 7.17. The molecule has 0 aliphatic heterocycles. The van der Waals surface area contributed by atoms with Crippen LogP contribution >= 0.6 is 0 Å². The molecule has 0 saturated heterocycles. The lowest BCUT2D eigenvalue weighted by Crippen LogP contribution is -2.30. The van der Waals surface area contributed by atoms with Crippen LogP contribution in [-0.4, -0.2) is 34.0 Å². The fourth-order valence-corrected chi connectivity index (χ4v) is 3.81. The molecule has 0 N–H and O–H groups in total. The second-order valence-corrected chi connectivity index (χ2v) is 8.79. The lowest BCUT2D eigenvalue weighted by Gasteiger charge is -2.26. The van der Waals surface area contributed by atoms with E-state index in [4.69, 9.17) is 13.7 Å². The Morgan fingerprint density at radius 1 is 1.15 bits per heavy atom. The molecule has 0 saturated carbocycles. The van der Waals surface area contributed by atoms with Crippen molar-refractivity contribution in [2.45, 2.75) is 69.7 Å². The van der Waals surface area contributed by atoms with E-state index in [1.807, 2.05) is 20.8 Å². The zero-order valence-corrected chi connectivity index (χ0v) is 17.0. The smallest absolute Gasteiger partial charge is 0.296 e. The highest BCUT2D eigenvalue weighted by atomic mass is 32.2. The van der Waals surface area contributed by atoms with Gasteiger partial charge in [-0.15, -0.1) is 0 Å². The first-order valence-electron chi connectivity index (χ1n) is 9.10. The van der Waals surface area contributed by atoms with Gasteiger partial charge in [0.15, 0.2) is 5.79 Å². The van der Waals surface area contributed by atoms with Gasteiger partial charge in [0, 0.05) is 7.11 Å². The van der Waals surface area contributed by atoms with Gasteiger partial charge in [-0.1, -0.05) is 29.3 Å². The number of hydrogen-bond donors (Lipinski definition) is 0. The fraction of sp³-hybridized carbons (Fsp3) is 0.600. The van der Waals surface area contributed by atoms with Crippen LogP contribution < -0.4 is 0 Å². The number of rotatable bonds is 10. The van der Waals surface area contributed by atoms with Crippen molar-refractivity contribution < 1.29 is 22.1 Å². The summed E-state index contributed by atoms with van der Waals surface area (Å²) in [4.78, 5) is 0.211. The summed E-state index contributed by atoms with van der Waals surface area (Å²) >= 11 is 0. The summed E-state index contributed by atoms with van der Waals surface area (Å²) < 4.78 is 40.5. The zero-order chi connectivity index (χ0) is 19.2. The van der Waals surface area contributed by atoms with Crippen LogP contribution in [0.5, 0.6) is 0 Å². The number of allylic oxidation sites excluding steroid dienone is 1. The quantitative estimate of drug-likeness (QED) is 0.260. The van der Waals surface area contributed by atoms with Crippen molar-refractivity contribution in [2.75, 3.05) is 13.7 Å². The van der Waals surface area contributed by atoms with Crippen molar-refractivity contribution in [1.29, 1.82) is 0 Å². The molecule has 0 spiro atoms. The highest BCUT2D eigenvalue weighted by Crippen LogP contribution is 2.28. The zero-order valence-electron chi connectivity index (χ0n) is 16.2. The molecule has 6 heteroatoms. The Morgan fingerprint density at radius 3 is 2.50 bits per heavy atom. The molecular weight excluding hydrogens is 352 g/mol. The van der Waals surface area contributed by atoms with Gasteiger partial charge in [0.05, 0.1) is 17.6 Å². The highest BCUT2D eigenvalue weighted by Gasteiger charge is 2.25. The lowest BCUT2D eigenvalue weighted by molar-refractivity contribution is -0.213. The van der Waals surface area contributed by atoms with Crippen LogP contribution in [0.3, 0.4) is 0 Å². The first-order chi connectivity index (χ1) is 12.2. The normalized spacial score (nSPS) is 18.2.